The van der Waals surface area contributed by atoms with Crippen LogP contribution < -0.4 is 5.32 Å². The predicted octanol–water partition coefficient (Wildman–Crippen LogP) is 2.03. The number of rotatable bonds is 5. The maximum absolute atomic E-state index is 9.41. The topological polar surface area (TPSA) is 48.0 Å². The summed E-state index contributed by atoms with van der Waals surface area (Å²) in [6, 6.07) is 8.43. The summed E-state index contributed by atoms with van der Waals surface area (Å²) in [5.41, 5.74) is 2.40. The van der Waals surface area contributed by atoms with Gasteiger partial charge in [0.2, 0.25) is 0 Å². The van der Waals surface area contributed by atoms with Crippen LogP contribution in [-0.2, 0) is 6.54 Å². The second-order valence-corrected chi connectivity index (χ2v) is 4.09. The van der Waals surface area contributed by atoms with Crippen LogP contribution in [0.3, 0.4) is 0 Å². The molecule has 0 radical (unpaired) electrons. The first kappa shape index (κ1) is 11.2. The van der Waals surface area contributed by atoms with Gasteiger partial charge in [0.15, 0.2) is 0 Å². The third-order valence-electron chi connectivity index (χ3n) is 2.80. The largest absolute Gasteiger partial charge is 0.392 e. The van der Waals surface area contributed by atoms with Gasteiger partial charge in [-0.3, -0.25) is 0 Å². The van der Waals surface area contributed by atoms with Crippen molar-refractivity contribution in [2.24, 2.45) is 0 Å². The van der Waals surface area contributed by atoms with Crippen LogP contribution in [0.5, 0.6) is 0 Å². The van der Waals surface area contributed by atoms with E-state index in [4.69, 9.17) is 0 Å². The highest BCUT2D eigenvalue weighted by Gasteiger charge is 2.00. The molecule has 1 aromatic carbocycles. The highest BCUT2D eigenvalue weighted by molar-refractivity contribution is 5.79. The number of H-pyrrole nitrogens is 1. The summed E-state index contributed by atoms with van der Waals surface area (Å²) in [7, 11) is 0. The maximum atomic E-state index is 9.41. The van der Waals surface area contributed by atoms with E-state index in [-0.39, 0.29) is 6.10 Å². The number of fused-ring (bicyclic) bond motifs is 1. The second kappa shape index (κ2) is 5.14. The number of nitrogens with one attached hydrogen (secondary N) is 2. The lowest BCUT2D eigenvalue weighted by Gasteiger charge is -2.09. The van der Waals surface area contributed by atoms with E-state index in [1.54, 1.807) is 0 Å². The fourth-order valence-corrected chi connectivity index (χ4v) is 1.73. The number of hydrogen-bond acceptors (Lipinski definition) is 2. The molecule has 1 unspecified atom stereocenters. The molecule has 0 spiro atoms. The molecule has 0 aliphatic carbocycles. The predicted molar refractivity (Wildman–Crippen MR) is 66.3 cm³/mol. The summed E-state index contributed by atoms with van der Waals surface area (Å²) in [5, 5.41) is 13.9. The molecule has 0 aliphatic rings. The number of aromatic nitrogens is 1. The first-order valence-corrected chi connectivity index (χ1v) is 5.74. The van der Waals surface area contributed by atoms with Crippen LogP contribution in [0.1, 0.15) is 18.9 Å². The molecule has 0 bridgehead atoms. The van der Waals surface area contributed by atoms with Gasteiger partial charge in [-0.1, -0.05) is 19.1 Å². The number of hydrogen-bond donors (Lipinski definition) is 3. The SMILES string of the molecule is CCC(O)CNCc1ccc2cc[nH]c2c1. The average Bonchev–Trinajstić information content (AvgIpc) is 2.76. The lowest BCUT2D eigenvalue weighted by atomic mass is 10.1. The Morgan fingerprint density at radius 1 is 1.38 bits per heavy atom. The Bertz CT molecular complexity index is 450. The second-order valence-electron chi connectivity index (χ2n) is 4.09. The third-order valence-corrected chi connectivity index (χ3v) is 2.80. The Kier molecular flexibility index (Phi) is 3.59. The third kappa shape index (κ3) is 2.62. The van der Waals surface area contributed by atoms with Gasteiger partial charge in [-0.25, -0.2) is 0 Å². The van der Waals surface area contributed by atoms with Gasteiger partial charge in [0, 0.05) is 24.8 Å². The zero-order chi connectivity index (χ0) is 11.4. The van der Waals surface area contributed by atoms with Gasteiger partial charge >= 0.3 is 0 Å². The van der Waals surface area contributed by atoms with Gasteiger partial charge < -0.3 is 15.4 Å². The van der Waals surface area contributed by atoms with Crippen molar-refractivity contribution in [1.29, 1.82) is 0 Å². The maximum Gasteiger partial charge on any atom is 0.0662 e. The van der Waals surface area contributed by atoms with Crippen molar-refractivity contribution >= 4 is 10.9 Å². The molecule has 1 atom stereocenters. The minimum absolute atomic E-state index is 0.241. The molecule has 3 nitrogen and oxygen atoms in total. The van der Waals surface area contributed by atoms with E-state index in [2.05, 4.69) is 34.6 Å². The molecule has 0 amide bonds. The Hall–Kier alpha value is -1.32. The van der Waals surface area contributed by atoms with Crippen LogP contribution in [-0.4, -0.2) is 22.7 Å². The first-order valence-electron chi connectivity index (χ1n) is 5.74. The van der Waals surface area contributed by atoms with Crippen molar-refractivity contribution in [3.63, 3.8) is 0 Å². The number of benzene rings is 1. The molecule has 1 heterocycles. The van der Waals surface area contributed by atoms with E-state index in [0.29, 0.717) is 6.54 Å². The van der Waals surface area contributed by atoms with Crippen molar-refractivity contribution in [3.05, 3.63) is 36.0 Å². The van der Waals surface area contributed by atoms with E-state index in [1.807, 2.05) is 13.1 Å². The fraction of sp³-hybridized carbons (Fsp3) is 0.385. The molecule has 2 aromatic rings. The smallest absolute Gasteiger partial charge is 0.0662 e. The molecule has 86 valence electrons. The average molecular weight is 218 g/mol. The molecule has 3 N–H and O–H groups in total. The quantitative estimate of drug-likeness (QED) is 0.719. The van der Waals surface area contributed by atoms with E-state index in [1.165, 1.54) is 10.9 Å². The van der Waals surface area contributed by atoms with Crippen LogP contribution in [0.15, 0.2) is 30.5 Å². The van der Waals surface area contributed by atoms with E-state index < -0.39 is 0 Å². The summed E-state index contributed by atoms with van der Waals surface area (Å²) in [5.74, 6) is 0. The number of aromatic amines is 1. The molecule has 0 aliphatic heterocycles. The molecule has 1 aromatic heterocycles. The summed E-state index contributed by atoms with van der Waals surface area (Å²) in [4.78, 5) is 3.19. The summed E-state index contributed by atoms with van der Waals surface area (Å²) in [6.07, 6.45) is 2.50. The van der Waals surface area contributed by atoms with Gasteiger partial charge in [0.25, 0.3) is 0 Å². The van der Waals surface area contributed by atoms with Crippen molar-refractivity contribution in [3.8, 4) is 0 Å². The van der Waals surface area contributed by atoms with Gasteiger partial charge in [0.05, 0.1) is 6.10 Å². The molecule has 0 saturated carbocycles. The van der Waals surface area contributed by atoms with Crippen LogP contribution in [0, 0.1) is 0 Å². The van der Waals surface area contributed by atoms with Crippen LogP contribution in [0.4, 0.5) is 0 Å². The highest BCUT2D eigenvalue weighted by atomic mass is 16.3. The molecule has 3 heteroatoms. The summed E-state index contributed by atoms with van der Waals surface area (Å²) >= 11 is 0. The van der Waals surface area contributed by atoms with Crippen LogP contribution in [0.2, 0.25) is 0 Å². The van der Waals surface area contributed by atoms with E-state index in [9.17, 15) is 5.11 Å². The Morgan fingerprint density at radius 3 is 3.06 bits per heavy atom. The van der Waals surface area contributed by atoms with Crippen LogP contribution in [0.25, 0.3) is 10.9 Å². The molecule has 16 heavy (non-hydrogen) atoms. The summed E-state index contributed by atoms with van der Waals surface area (Å²) in [6.45, 7) is 3.43. The zero-order valence-corrected chi connectivity index (χ0v) is 9.53. The molecular formula is C13H18N2O. The fourth-order valence-electron chi connectivity index (χ4n) is 1.73. The van der Waals surface area contributed by atoms with E-state index >= 15 is 0 Å². The van der Waals surface area contributed by atoms with Gasteiger partial charge in [0.1, 0.15) is 0 Å². The minimum atomic E-state index is -0.241. The zero-order valence-electron chi connectivity index (χ0n) is 9.53. The normalized spacial score (nSPS) is 13.1. The minimum Gasteiger partial charge on any atom is -0.392 e. The Balaban J connectivity index is 1.93. The molecular weight excluding hydrogens is 200 g/mol. The lowest BCUT2D eigenvalue weighted by molar-refractivity contribution is 0.167. The van der Waals surface area contributed by atoms with Crippen LogP contribution >= 0.6 is 0 Å². The number of aliphatic hydroxyl groups excluding tert-OH is 1. The molecule has 0 fully saturated rings. The van der Waals surface area contributed by atoms with Gasteiger partial charge in [-0.15, -0.1) is 0 Å². The van der Waals surface area contributed by atoms with Gasteiger partial charge in [-0.2, -0.15) is 0 Å². The standard InChI is InChI=1S/C13H18N2O/c1-2-12(16)9-14-8-10-3-4-11-5-6-15-13(11)7-10/h3-7,12,14-16H,2,8-9H2,1H3. The monoisotopic (exact) mass is 218 g/mol. The van der Waals surface area contributed by atoms with Crippen molar-refractivity contribution in [1.82, 2.24) is 10.3 Å². The number of aliphatic hydroxyl groups is 1. The van der Waals surface area contributed by atoms with E-state index in [0.717, 1.165) is 18.5 Å². The molecule has 0 saturated heterocycles. The molecule has 2 rings (SSSR count). The Morgan fingerprint density at radius 2 is 2.25 bits per heavy atom. The van der Waals surface area contributed by atoms with Crippen molar-refractivity contribution in [2.75, 3.05) is 6.54 Å². The van der Waals surface area contributed by atoms with Crippen molar-refractivity contribution in [2.45, 2.75) is 26.0 Å². The van der Waals surface area contributed by atoms with Gasteiger partial charge in [-0.05, 0) is 29.5 Å². The Labute approximate surface area is 95.5 Å². The lowest BCUT2D eigenvalue weighted by Crippen LogP contribution is -2.25. The summed E-state index contributed by atoms with van der Waals surface area (Å²) < 4.78 is 0. The van der Waals surface area contributed by atoms with Crippen molar-refractivity contribution < 1.29 is 5.11 Å². The highest BCUT2D eigenvalue weighted by Crippen LogP contribution is 2.13. The first-order chi connectivity index (χ1) is 7.79.